The molecule has 1 N–H and O–H groups in total. The summed E-state index contributed by atoms with van der Waals surface area (Å²) in [6.07, 6.45) is 1.55. The number of nitrogens with one attached hydrogen (secondary N) is 1. The van der Waals surface area contributed by atoms with E-state index in [-0.39, 0.29) is 11.8 Å². The number of nitrogens with zero attached hydrogens (tertiary/aromatic N) is 1. The molecule has 0 bridgehead atoms. The number of hydrogen-bond acceptors (Lipinski definition) is 4. The molecule has 5 nitrogen and oxygen atoms in total. The average Bonchev–Trinajstić information content (AvgIpc) is 2.94. The van der Waals surface area contributed by atoms with Crippen LogP contribution in [0.2, 0.25) is 0 Å². The van der Waals surface area contributed by atoms with Crippen LogP contribution in [0.25, 0.3) is 5.57 Å². The van der Waals surface area contributed by atoms with E-state index in [1.807, 2.05) is 55.5 Å². The lowest BCUT2D eigenvalue weighted by atomic mass is 10.0. The Balaban J connectivity index is 1.96. The Morgan fingerprint density at radius 2 is 1.64 bits per heavy atom. The van der Waals surface area contributed by atoms with Crippen LogP contribution in [0.5, 0.6) is 0 Å². The topological polar surface area (TPSA) is 58.6 Å². The van der Waals surface area contributed by atoms with Gasteiger partial charge in [-0.05, 0) is 43.0 Å². The van der Waals surface area contributed by atoms with Gasteiger partial charge in [-0.3, -0.25) is 14.5 Å². The summed E-state index contributed by atoms with van der Waals surface area (Å²) in [4.78, 5) is 27.4. The van der Waals surface area contributed by atoms with Crippen molar-refractivity contribution in [1.29, 1.82) is 0 Å². The van der Waals surface area contributed by atoms with Crippen LogP contribution in [0.1, 0.15) is 30.0 Å². The van der Waals surface area contributed by atoms with Gasteiger partial charge in [0.1, 0.15) is 5.70 Å². The van der Waals surface area contributed by atoms with Gasteiger partial charge >= 0.3 is 0 Å². The molecule has 0 saturated carbocycles. The molecule has 0 aromatic heterocycles. The summed E-state index contributed by atoms with van der Waals surface area (Å²) in [6.45, 7) is 4.92. The molecule has 5 heteroatoms. The van der Waals surface area contributed by atoms with Gasteiger partial charge < -0.3 is 10.1 Å². The van der Waals surface area contributed by atoms with Crippen LogP contribution >= 0.6 is 0 Å². The quantitative estimate of drug-likeness (QED) is 0.561. The Labute approximate surface area is 166 Å². The summed E-state index contributed by atoms with van der Waals surface area (Å²) in [7, 11) is 1.61. The van der Waals surface area contributed by atoms with E-state index in [1.165, 1.54) is 10.5 Å². The molecule has 0 aliphatic carbocycles. The van der Waals surface area contributed by atoms with Crippen molar-refractivity contribution in [3.05, 3.63) is 70.9 Å². The fourth-order valence-electron chi connectivity index (χ4n) is 3.22. The second-order valence-corrected chi connectivity index (χ2v) is 6.90. The average molecular weight is 378 g/mol. The molecule has 2 aromatic rings. The molecule has 0 radical (unpaired) electrons. The summed E-state index contributed by atoms with van der Waals surface area (Å²) >= 11 is 0. The lowest BCUT2D eigenvalue weighted by Crippen LogP contribution is -2.33. The number of aryl methyl sites for hydroxylation is 2. The molecule has 0 spiro atoms. The van der Waals surface area contributed by atoms with Gasteiger partial charge in [0, 0.05) is 25.9 Å². The number of amides is 2. The van der Waals surface area contributed by atoms with E-state index >= 15 is 0 Å². The van der Waals surface area contributed by atoms with Crippen molar-refractivity contribution in [2.75, 3.05) is 25.6 Å². The summed E-state index contributed by atoms with van der Waals surface area (Å²) in [6, 6.07) is 15.6. The Hall–Kier alpha value is -2.92. The third kappa shape index (κ3) is 4.15. The molecular formula is C23H26N2O3. The number of benzene rings is 2. The molecule has 0 saturated heterocycles. The van der Waals surface area contributed by atoms with Crippen LogP contribution in [-0.4, -0.2) is 37.0 Å². The first-order chi connectivity index (χ1) is 13.5. The molecule has 28 heavy (non-hydrogen) atoms. The number of hydrogen-bond donors (Lipinski definition) is 1. The van der Waals surface area contributed by atoms with Crippen molar-refractivity contribution in [3.8, 4) is 0 Å². The van der Waals surface area contributed by atoms with Gasteiger partial charge in [0.25, 0.3) is 11.8 Å². The van der Waals surface area contributed by atoms with Gasteiger partial charge in [-0.2, -0.15) is 0 Å². The van der Waals surface area contributed by atoms with Crippen LogP contribution in [0.4, 0.5) is 5.69 Å². The maximum absolute atomic E-state index is 13.1. The molecule has 2 aromatic carbocycles. The van der Waals surface area contributed by atoms with E-state index in [9.17, 15) is 9.59 Å². The molecular weight excluding hydrogens is 352 g/mol. The first kappa shape index (κ1) is 19.8. The highest BCUT2D eigenvalue weighted by atomic mass is 16.5. The highest BCUT2D eigenvalue weighted by Crippen LogP contribution is 2.30. The number of ether oxygens (including phenoxy) is 1. The Morgan fingerprint density at radius 1 is 0.964 bits per heavy atom. The second kappa shape index (κ2) is 8.85. The molecule has 0 atom stereocenters. The van der Waals surface area contributed by atoms with E-state index in [0.29, 0.717) is 30.8 Å². The van der Waals surface area contributed by atoms with Crippen LogP contribution < -0.4 is 5.32 Å². The van der Waals surface area contributed by atoms with Crippen LogP contribution in [0.3, 0.4) is 0 Å². The van der Waals surface area contributed by atoms with Gasteiger partial charge in [0.2, 0.25) is 0 Å². The van der Waals surface area contributed by atoms with Crippen molar-refractivity contribution < 1.29 is 14.3 Å². The zero-order chi connectivity index (χ0) is 20.1. The van der Waals surface area contributed by atoms with Crippen molar-refractivity contribution in [2.24, 2.45) is 0 Å². The predicted molar refractivity (Wildman–Crippen MR) is 111 cm³/mol. The van der Waals surface area contributed by atoms with Crippen molar-refractivity contribution >= 4 is 23.1 Å². The lowest BCUT2D eigenvalue weighted by Gasteiger charge is -2.15. The van der Waals surface area contributed by atoms with Gasteiger partial charge in [0.05, 0.1) is 5.57 Å². The zero-order valence-electron chi connectivity index (χ0n) is 16.6. The standard InChI is InChI=1S/C23H26N2O3/c1-4-17-8-12-19(13-9-17)24-21-20(18-10-6-16(2)7-11-18)22(26)25(23(21)27)14-5-15-28-3/h6-13,24H,4-5,14-15H2,1-3H3. The Bertz CT molecular complexity index is 883. The highest BCUT2D eigenvalue weighted by molar-refractivity contribution is 6.36. The smallest absolute Gasteiger partial charge is 0.278 e. The van der Waals surface area contributed by atoms with Crippen molar-refractivity contribution in [2.45, 2.75) is 26.7 Å². The van der Waals surface area contributed by atoms with Crippen LogP contribution in [-0.2, 0) is 20.7 Å². The van der Waals surface area contributed by atoms with Gasteiger partial charge in [-0.25, -0.2) is 0 Å². The molecule has 0 unspecified atom stereocenters. The number of carbonyl (C=O) groups is 2. The maximum atomic E-state index is 13.1. The number of rotatable bonds is 8. The molecule has 1 aliphatic rings. The third-order valence-corrected chi connectivity index (χ3v) is 4.87. The van der Waals surface area contributed by atoms with E-state index in [0.717, 1.165) is 23.2 Å². The summed E-state index contributed by atoms with van der Waals surface area (Å²) < 4.78 is 5.06. The molecule has 0 fully saturated rings. The Kier molecular flexibility index (Phi) is 6.26. The zero-order valence-corrected chi connectivity index (χ0v) is 16.6. The summed E-state index contributed by atoms with van der Waals surface area (Å²) in [5.74, 6) is -0.561. The maximum Gasteiger partial charge on any atom is 0.278 e. The third-order valence-electron chi connectivity index (χ3n) is 4.87. The SMILES string of the molecule is CCc1ccc(NC2=C(c3ccc(C)cc3)C(=O)N(CCCOC)C2=O)cc1. The van der Waals surface area contributed by atoms with Gasteiger partial charge in [-0.15, -0.1) is 0 Å². The predicted octanol–water partition coefficient (Wildman–Crippen LogP) is 3.79. The van der Waals surface area contributed by atoms with Crippen molar-refractivity contribution in [1.82, 2.24) is 4.90 Å². The fraction of sp³-hybridized carbons (Fsp3) is 0.304. The van der Waals surface area contributed by atoms with Gasteiger partial charge in [0.15, 0.2) is 0 Å². The minimum absolute atomic E-state index is 0.266. The van der Waals surface area contributed by atoms with E-state index < -0.39 is 0 Å². The van der Waals surface area contributed by atoms with E-state index in [4.69, 9.17) is 4.74 Å². The number of carbonyl (C=O) groups excluding carboxylic acids is 2. The molecule has 1 aliphatic heterocycles. The van der Waals surface area contributed by atoms with Crippen LogP contribution in [0, 0.1) is 6.92 Å². The number of imide groups is 1. The fourth-order valence-corrected chi connectivity index (χ4v) is 3.22. The summed E-state index contributed by atoms with van der Waals surface area (Å²) in [5.41, 5.74) is 4.59. The van der Waals surface area contributed by atoms with Crippen molar-refractivity contribution in [3.63, 3.8) is 0 Å². The van der Waals surface area contributed by atoms with Crippen LogP contribution in [0.15, 0.2) is 54.2 Å². The second-order valence-electron chi connectivity index (χ2n) is 6.90. The number of anilines is 1. The molecule has 3 rings (SSSR count). The first-order valence-corrected chi connectivity index (χ1v) is 9.57. The first-order valence-electron chi connectivity index (χ1n) is 9.57. The van der Waals surface area contributed by atoms with E-state index in [1.54, 1.807) is 7.11 Å². The molecule has 2 amide bonds. The molecule has 146 valence electrons. The lowest BCUT2D eigenvalue weighted by molar-refractivity contribution is -0.136. The number of methoxy groups -OCH3 is 1. The molecule has 1 heterocycles. The Morgan fingerprint density at radius 3 is 2.25 bits per heavy atom. The minimum atomic E-state index is -0.295. The van der Waals surface area contributed by atoms with E-state index in [2.05, 4.69) is 12.2 Å². The van der Waals surface area contributed by atoms with Gasteiger partial charge in [-0.1, -0.05) is 48.9 Å². The summed E-state index contributed by atoms with van der Waals surface area (Å²) in [5, 5.41) is 3.19. The monoisotopic (exact) mass is 378 g/mol. The normalized spacial score (nSPS) is 14.2. The largest absolute Gasteiger partial charge is 0.385 e. The minimum Gasteiger partial charge on any atom is -0.385 e. The highest BCUT2D eigenvalue weighted by Gasteiger charge is 2.38.